The van der Waals surface area contributed by atoms with Gasteiger partial charge in [-0.1, -0.05) is 19.9 Å². The van der Waals surface area contributed by atoms with Gasteiger partial charge in [-0.15, -0.1) is 10.2 Å². The molecule has 4 rings (SSSR count). The summed E-state index contributed by atoms with van der Waals surface area (Å²) in [5, 5.41) is 12.2. The Balaban J connectivity index is 1.45. The molecule has 2 aliphatic heterocycles. The lowest BCUT2D eigenvalue weighted by Gasteiger charge is -2.24. The molecule has 2 atom stereocenters. The van der Waals surface area contributed by atoms with Gasteiger partial charge in [0.05, 0.1) is 32.8 Å². The maximum atomic E-state index is 12.8. The quantitative estimate of drug-likeness (QED) is 0.650. The van der Waals surface area contributed by atoms with Crippen LogP contribution in [-0.4, -0.2) is 66.1 Å². The number of benzene rings is 1. The number of carbonyl (C=O) groups is 1. The van der Waals surface area contributed by atoms with Crippen molar-refractivity contribution >= 4 is 5.91 Å². The summed E-state index contributed by atoms with van der Waals surface area (Å²) in [5.74, 6) is 3.48. The fourth-order valence-corrected chi connectivity index (χ4v) is 4.56. The van der Waals surface area contributed by atoms with E-state index in [4.69, 9.17) is 14.2 Å². The van der Waals surface area contributed by atoms with Crippen LogP contribution in [0.3, 0.4) is 0 Å². The van der Waals surface area contributed by atoms with Crippen LogP contribution < -0.4 is 14.8 Å². The van der Waals surface area contributed by atoms with Crippen molar-refractivity contribution in [3.8, 4) is 11.5 Å². The molecule has 9 heteroatoms. The number of rotatable bonds is 8. The molecule has 1 saturated heterocycles. The predicted molar refractivity (Wildman–Crippen MR) is 123 cm³/mol. The van der Waals surface area contributed by atoms with Gasteiger partial charge < -0.3 is 24.1 Å². The van der Waals surface area contributed by atoms with Crippen molar-refractivity contribution in [3.05, 3.63) is 35.4 Å². The number of fused-ring (bicyclic) bond motifs is 1. The van der Waals surface area contributed by atoms with Gasteiger partial charge in [0.15, 0.2) is 17.3 Å². The Kier molecular flexibility index (Phi) is 7.49. The molecule has 1 fully saturated rings. The Morgan fingerprint density at radius 3 is 2.70 bits per heavy atom. The second kappa shape index (κ2) is 10.5. The second-order valence-corrected chi connectivity index (χ2v) is 9.13. The van der Waals surface area contributed by atoms with E-state index in [1.165, 1.54) is 5.56 Å². The first-order valence-electron chi connectivity index (χ1n) is 11.7. The van der Waals surface area contributed by atoms with Crippen molar-refractivity contribution in [2.75, 3.05) is 40.5 Å². The highest BCUT2D eigenvalue weighted by Crippen LogP contribution is 2.29. The van der Waals surface area contributed by atoms with Crippen molar-refractivity contribution in [1.82, 2.24) is 25.0 Å². The lowest BCUT2D eigenvalue weighted by molar-refractivity contribution is -0.126. The summed E-state index contributed by atoms with van der Waals surface area (Å²) in [7, 11) is 3.30. The number of nitrogens with zero attached hydrogens (tertiary/aromatic N) is 4. The van der Waals surface area contributed by atoms with Crippen LogP contribution >= 0.6 is 0 Å². The third-order valence-electron chi connectivity index (χ3n) is 6.54. The monoisotopic (exact) mass is 457 g/mol. The molecule has 0 saturated carbocycles. The van der Waals surface area contributed by atoms with Crippen molar-refractivity contribution in [2.45, 2.75) is 45.8 Å². The maximum Gasteiger partial charge on any atom is 0.226 e. The first-order chi connectivity index (χ1) is 16.0. The van der Waals surface area contributed by atoms with Gasteiger partial charge in [-0.25, -0.2) is 0 Å². The highest BCUT2D eigenvalue weighted by Gasteiger charge is 2.31. The smallest absolute Gasteiger partial charge is 0.226 e. The molecular formula is C24H35N5O4. The molecular weight excluding hydrogens is 422 g/mol. The number of aromatic nitrogens is 3. The Bertz CT molecular complexity index is 954. The lowest BCUT2D eigenvalue weighted by Crippen LogP contribution is -2.38. The molecule has 180 valence electrons. The molecule has 1 aromatic heterocycles. The molecule has 0 radical (unpaired) electrons. The average Bonchev–Trinajstić information content (AvgIpc) is 3.45. The minimum atomic E-state index is -0.170. The van der Waals surface area contributed by atoms with E-state index in [0.717, 1.165) is 62.2 Å². The molecule has 0 spiro atoms. The SMILES string of the molecule is COc1ccc(CN2CCc3nnc([C@H](NC(=O)[C@@H]4CCOC4)C(C)C)n3CC2)cc1OC. The predicted octanol–water partition coefficient (Wildman–Crippen LogP) is 2.20. The zero-order valence-electron chi connectivity index (χ0n) is 20.0. The lowest BCUT2D eigenvalue weighted by atomic mass is 10.0. The highest BCUT2D eigenvalue weighted by atomic mass is 16.5. The number of amides is 1. The number of hydrogen-bond donors (Lipinski definition) is 1. The summed E-state index contributed by atoms with van der Waals surface area (Å²) in [6, 6.07) is 5.89. The van der Waals surface area contributed by atoms with E-state index in [9.17, 15) is 4.79 Å². The van der Waals surface area contributed by atoms with Crippen LogP contribution in [0.2, 0.25) is 0 Å². The Labute approximate surface area is 195 Å². The van der Waals surface area contributed by atoms with Gasteiger partial charge in [0.25, 0.3) is 0 Å². The van der Waals surface area contributed by atoms with Crippen LogP contribution in [0.1, 0.15) is 43.5 Å². The summed E-state index contributed by atoms with van der Waals surface area (Å²) in [4.78, 5) is 15.2. The van der Waals surface area contributed by atoms with E-state index in [1.54, 1.807) is 14.2 Å². The average molecular weight is 458 g/mol. The van der Waals surface area contributed by atoms with Gasteiger partial charge in [-0.3, -0.25) is 9.69 Å². The van der Waals surface area contributed by atoms with Crippen LogP contribution in [0.4, 0.5) is 0 Å². The summed E-state index contributed by atoms with van der Waals surface area (Å²) in [5.41, 5.74) is 1.18. The van der Waals surface area contributed by atoms with Gasteiger partial charge in [-0.2, -0.15) is 0 Å². The molecule has 0 bridgehead atoms. The first kappa shape index (κ1) is 23.5. The largest absolute Gasteiger partial charge is 0.493 e. The molecule has 3 heterocycles. The Morgan fingerprint density at radius 1 is 1.18 bits per heavy atom. The van der Waals surface area contributed by atoms with Gasteiger partial charge in [0.2, 0.25) is 5.91 Å². The highest BCUT2D eigenvalue weighted by molar-refractivity contribution is 5.79. The van der Waals surface area contributed by atoms with Gasteiger partial charge in [-0.05, 0) is 30.0 Å². The zero-order chi connectivity index (χ0) is 23.4. The van der Waals surface area contributed by atoms with Crippen molar-refractivity contribution in [3.63, 3.8) is 0 Å². The molecule has 0 unspecified atom stereocenters. The van der Waals surface area contributed by atoms with Crippen molar-refractivity contribution in [1.29, 1.82) is 0 Å². The Morgan fingerprint density at radius 2 is 2.00 bits per heavy atom. The molecule has 1 aromatic carbocycles. The molecule has 1 N–H and O–H groups in total. The van der Waals surface area contributed by atoms with Gasteiger partial charge >= 0.3 is 0 Å². The molecule has 9 nitrogen and oxygen atoms in total. The van der Waals surface area contributed by atoms with E-state index < -0.39 is 0 Å². The number of hydrogen-bond acceptors (Lipinski definition) is 7. The minimum absolute atomic E-state index is 0.0484. The van der Waals surface area contributed by atoms with E-state index in [0.29, 0.717) is 13.2 Å². The van der Waals surface area contributed by atoms with E-state index in [2.05, 4.69) is 44.9 Å². The second-order valence-electron chi connectivity index (χ2n) is 9.13. The number of ether oxygens (including phenoxy) is 3. The van der Waals surface area contributed by atoms with Crippen LogP contribution in [0.15, 0.2) is 18.2 Å². The number of nitrogens with one attached hydrogen (secondary N) is 1. The summed E-state index contributed by atoms with van der Waals surface area (Å²) in [6.45, 7) is 8.75. The fraction of sp³-hybridized carbons (Fsp3) is 0.625. The van der Waals surface area contributed by atoms with E-state index in [1.807, 2.05) is 12.1 Å². The summed E-state index contributed by atoms with van der Waals surface area (Å²) < 4.78 is 18.4. The first-order valence-corrected chi connectivity index (χ1v) is 11.7. The third kappa shape index (κ3) is 5.30. The third-order valence-corrected chi connectivity index (χ3v) is 6.54. The maximum absolute atomic E-state index is 12.8. The topological polar surface area (TPSA) is 90.7 Å². The van der Waals surface area contributed by atoms with Crippen LogP contribution in [0.5, 0.6) is 11.5 Å². The van der Waals surface area contributed by atoms with E-state index in [-0.39, 0.29) is 23.8 Å². The molecule has 33 heavy (non-hydrogen) atoms. The summed E-state index contributed by atoms with van der Waals surface area (Å²) in [6.07, 6.45) is 1.59. The van der Waals surface area contributed by atoms with Gasteiger partial charge in [0, 0.05) is 39.2 Å². The standard InChI is InChI=1S/C24H35N5O4/c1-16(2)22(25-24(30)18-8-12-33-15-18)23-27-26-21-7-9-28(10-11-29(21)23)14-17-5-6-19(31-3)20(13-17)32-4/h5-6,13,16,18,22H,7-12,14-15H2,1-4H3,(H,25,30)/t18-,22-/m1/s1. The summed E-state index contributed by atoms with van der Waals surface area (Å²) >= 11 is 0. The fourth-order valence-electron chi connectivity index (χ4n) is 4.56. The Hall–Kier alpha value is -2.65. The van der Waals surface area contributed by atoms with E-state index >= 15 is 0 Å². The molecule has 1 amide bonds. The van der Waals surface area contributed by atoms with Crippen molar-refractivity contribution < 1.29 is 19.0 Å². The molecule has 2 aromatic rings. The number of carbonyl (C=O) groups excluding carboxylic acids is 1. The van der Waals surface area contributed by atoms with Crippen LogP contribution in [0, 0.1) is 11.8 Å². The minimum Gasteiger partial charge on any atom is -0.493 e. The number of methoxy groups -OCH3 is 2. The zero-order valence-corrected chi connectivity index (χ0v) is 20.0. The normalized spacial score (nSPS) is 19.7. The van der Waals surface area contributed by atoms with Crippen LogP contribution in [0.25, 0.3) is 0 Å². The van der Waals surface area contributed by atoms with Crippen molar-refractivity contribution in [2.24, 2.45) is 11.8 Å². The van der Waals surface area contributed by atoms with Gasteiger partial charge in [0.1, 0.15) is 5.82 Å². The molecule has 0 aliphatic carbocycles. The van der Waals surface area contributed by atoms with Crippen LogP contribution in [-0.2, 0) is 29.0 Å². The molecule has 2 aliphatic rings.